The van der Waals surface area contributed by atoms with E-state index in [4.69, 9.17) is 5.73 Å². The van der Waals surface area contributed by atoms with Crippen molar-refractivity contribution in [2.24, 2.45) is 0 Å². The van der Waals surface area contributed by atoms with Gasteiger partial charge in [0.1, 0.15) is 6.33 Å². The van der Waals surface area contributed by atoms with Gasteiger partial charge in [0, 0.05) is 11.0 Å². The molecule has 1 aromatic carbocycles. The molecule has 6 heteroatoms. The van der Waals surface area contributed by atoms with Crippen LogP contribution in [0.5, 0.6) is 0 Å². The van der Waals surface area contributed by atoms with Crippen LogP contribution in [0.25, 0.3) is 0 Å². The zero-order valence-electron chi connectivity index (χ0n) is 9.10. The van der Waals surface area contributed by atoms with Gasteiger partial charge in [-0.05, 0) is 24.1 Å². The molecule has 0 aliphatic rings. The Hall–Kier alpha value is -1.69. The van der Waals surface area contributed by atoms with Gasteiger partial charge in [0.05, 0.1) is 0 Å². The van der Waals surface area contributed by atoms with E-state index >= 15 is 0 Å². The SMILES string of the molecule is Nc1ncnc(NCCc2ccc(Br)cc2)n1. The molecule has 5 nitrogen and oxygen atoms in total. The number of nitrogen functional groups attached to an aromatic ring is 1. The van der Waals surface area contributed by atoms with Crippen molar-refractivity contribution in [3.05, 3.63) is 40.6 Å². The van der Waals surface area contributed by atoms with Crippen molar-refractivity contribution in [2.75, 3.05) is 17.6 Å². The molecule has 2 rings (SSSR count). The van der Waals surface area contributed by atoms with Crippen LogP contribution in [0.15, 0.2) is 35.1 Å². The molecule has 0 saturated heterocycles. The Labute approximate surface area is 108 Å². The maximum atomic E-state index is 5.45. The zero-order chi connectivity index (χ0) is 12.1. The highest BCUT2D eigenvalue weighted by molar-refractivity contribution is 9.10. The molecule has 3 N–H and O–H groups in total. The topological polar surface area (TPSA) is 76.7 Å². The number of anilines is 2. The molecular weight excluding hydrogens is 282 g/mol. The second-order valence-corrected chi connectivity index (χ2v) is 4.39. The largest absolute Gasteiger partial charge is 0.368 e. The Morgan fingerprint density at radius 1 is 1.18 bits per heavy atom. The van der Waals surface area contributed by atoms with Gasteiger partial charge in [0.2, 0.25) is 11.9 Å². The minimum atomic E-state index is 0.228. The lowest BCUT2D eigenvalue weighted by Crippen LogP contribution is -2.09. The Morgan fingerprint density at radius 2 is 1.94 bits per heavy atom. The van der Waals surface area contributed by atoms with E-state index in [2.05, 4.69) is 48.3 Å². The maximum Gasteiger partial charge on any atom is 0.227 e. The molecule has 17 heavy (non-hydrogen) atoms. The van der Waals surface area contributed by atoms with Gasteiger partial charge in [-0.1, -0.05) is 28.1 Å². The van der Waals surface area contributed by atoms with Gasteiger partial charge >= 0.3 is 0 Å². The number of hydrogen-bond donors (Lipinski definition) is 2. The fourth-order valence-electron chi connectivity index (χ4n) is 1.36. The Balaban J connectivity index is 1.85. The van der Waals surface area contributed by atoms with Gasteiger partial charge in [-0.2, -0.15) is 4.98 Å². The standard InChI is InChI=1S/C11H12BrN5/c12-9-3-1-8(2-4-9)5-6-14-11-16-7-15-10(13)17-11/h1-4,7H,5-6H2,(H3,13,14,15,16,17). The number of benzene rings is 1. The normalized spacial score (nSPS) is 10.2. The third-order valence-electron chi connectivity index (χ3n) is 2.20. The summed E-state index contributed by atoms with van der Waals surface area (Å²) >= 11 is 3.40. The summed E-state index contributed by atoms with van der Waals surface area (Å²) in [6.07, 6.45) is 2.29. The van der Waals surface area contributed by atoms with Crippen molar-refractivity contribution >= 4 is 27.8 Å². The van der Waals surface area contributed by atoms with Crippen LogP contribution in [0.4, 0.5) is 11.9 Å². The van der Waals surface area contributed by atoms with Crippen LogP contribution in [-0.4, -0.2) is 21.5 Å². The first kappa shape index (κ1) is 11.8. The Morgan fingerprint density at radius 3 is 2.65 bits per heavy atom. The van der Waals surface area contributed by atoms with Crippen molar-refractivity contribution in [1.82, 2.24) is 15.0 Å². The lowest BCUT2D eigenvalue weighted by atomic mass is 10.1. The maximum absolute atomic E-state index is 5.45. The van der Waals surface area contributed by atoms with Crippen molar-refractivity contribution in [1.29, 1.82) is 0 Å². The van der Waals surface area contributed by atoms with Crippen molar-refractivity contribution in [3.8, 4) is 0 Å². The lowest BCUT2D eigenvalue weighted by molar-refractivity contribution is 0.967. The predicted molar refractivity (Wildman–Crippen MR) is 70.6 cm³/mol. The molecule has 88 valence electrons. The monoisotopic (exact) mass is 293 g/mol. The molecule has 0 unspecified atom stereocenters. The van der Waals surface area contributed by atoms with E-state index in [-0.39, 0.29) is 5.95 Å². The minimum Gasteiger partial charge on any atom is -0.368 e. The van der Waals surface area contributed by atoms with E-state index in [9.17, 15) is 0 Å². The number of halogens is 1. The molecular formula is C11H12BrN5. The summed E-state index contributed by atoms with van der Waals surface area (Å²) in [5.41, 5.74) is 6.70. The first-order chi connectivity index (χ1) is 8.24. The Bertz CT molecular complexity index is 485. The molecule has 0 atom stereocenters. The highest BCUT2D eigenvalue weighted by Crippen LogP contribution is 2.10. The van der Waals surface area contributed by atoms with E-state index in [1.165, 1.54) is 11.9 Å². The summed E-state index contributed by atoms with van der Waals surface area (Å²) in [4.78, 5) is 11.6. The number of nitrogens with two attached hydrogens (primary N) is 1. The van der Waals surface area contributed by atoms with Crippen molar-refractivity contribution in [3.63, 3.8) is 0 Å². The lowest BCUT2D eigenvalue weighted by Gasteiger charge is -2.04. The van der Waals surface area contributed by atoms with Crippen LogP contribution >= 0.6 is 15.9 Å². The minimum absolute atomic E-state index is 0.228. The molecule has 0 fully saturated rings. The summed E-state index contributed by atoms with van der Waals surface area (Å²) in [5.74, 6) is 0.737. The molecule has 2 aromatic rings. The molecule has 0 spiro atoms. The number of nitrogens with one attached hydrogen (secondary N) is 1. The zero-order valence-corrected chi connectivity index (χ0v) is 10.7. The third kappa shape index (κ3) is 3.67. The first-order valence-corrected chi connectivity index (χ1v) is 5.96. The van der Waals surface area contributed by atoms with Crippen LogP contribution in [0.1, 0.15) is 5.56 Å². The van der Waals surface area contributed by atoms with Crippen molar-refractivity contribution in [2.45, 2.75) is 6.42 Å². The molecule has 0 bridgehead atoms. The molecule has 0 aliphatic heterocycles. The smallest absolute Gasteiger partial charge is 0.227 e. The van der Waals surface area contributed by atoms with E-state index in [0.29, 0.717) is 5.95 Å². The average Bonchev–Trinajstić information content (AvgIpc) is 2.32. The van der Waals surface area contributed by atoms with Gasteiger partial charge in [-0.25, -0.2) is 9.97 Å². The van der Waals surface area contributed by atoms with E-state index < -0.39 is 0 Å². The van der Waals surface area contributed by atoms with Crippen LogP contribution in [0, 0.1) is 0 Å². The van der Waals surface area contributed by atoms with E-state index in [0.717, 1.165) is 17.4 Å². The Kier molecular flexibility index (Phi) is 3.87. The highest BCUT2D eigenvalue weighted by Gasteiger charge is 1.97. The first-order valence-electron chi connectivity index (χ1n) is 5.17. The summed E-state index contributed by atoms with van der Waals surface area (Å²) < 4.78 is 1.08. The van der Waals surface area contributed by atoms with Gasteiger partial charge < -0.3 is 11.1 Å². The van der Waals surface area contributed by atoms with Crippen LogP contribution in [-0.2, 0) is 6.42 Å². The van der Waals surface area contributed by atoms with E-state index in [1.54, 1.807) is 0 Å². The van der Waals surface area contributed by atoms with E-state index in [1.807, 2.05) is 12.1 Å². The highest BCUT2D eigenvalue weighted by atomic mass is 79.9. The second kappa shape index (κ2) is 5.58. The summed E-state index contributed by atoms with van der Waals surface area (Å²) in [5, 5.41) is 3.09. The fourth-order valence-corrected chi connectivity index (χ4v) is 1.63. The van der Waals surface area contributed by atoms with Gasteiger partial charge in [-0.3, -0.25) is 0 Å². The van der Waals surface area contributed by atoms with Gasteiger partial charge in [-0.15, -0.1) is 0 Å². The quantitative estimate of drug-likeness (QED) is 0.900. The molecule has 1 aromatic heterocycles. The van der Waals surface area contributed by atoms with Crippen LogP contribution < -0.4 is 11.1 Å². The van der Waals surface area contributed by atoms with Crippen LogP contribution in [0.2, 0.25) is 0 Å². The number of rotatable bonds is 4. The number of aromatic nitrogens is 3. The molecule has 0 amide bonds. The number of nitrogens with zero attached hydrogens (tertiary/aromatic N) is 3. The van der Waals surface area contributed by atoms with Gasteiger partial charge in [0.15, 0.2) is 0 Å². The fraction of sp³-hybridized carbons (Fsp3) is 0.182. The molecule has 0 aliphatic carbocycles. The number of hydrogen-bond acceptors (Lipinski definition) is 5. The average molecular weight is 294 g/mol. The summed E-state index contributed by atoms with van der Waals surface area (Å²) in [6, 6.07) is 8.20. The van der Waals surface area contributed by atoms with Crippen molar-refractivity contribution < 1.29 is 0 Å². The summed E-state index contributed by atoms with van der Waals surface area (Å²) in [7, 11) is 0. The second-order valence-electron chi connectivity index (χ2n) is 3.47. The third-order valence-corrected chi connectivity index (χ3v) is 2.73. The van der Waals surface area contributed by atoms with Crippen LogP contribution in [0.3, 0.4) is 0 Å². The van der Waals surface area contributed by atoms with Gasteiger partial charge in [0.25, 0.3) is 0 Å². The summed E-state index contributed by atoms with van der Waals surface area (Å²) in [6.45, 7) is 0.755. The predicted octanol–water partition coefficient (Wildman–Crippen LogP) is 1.87. The molecule has 0 radical (unpaired) electrons. The molecule has 0 saturated carbocycles. The molecule has 1 heterocycles.